The maximum Gasteiger partial charge on any atom is 0.330 e. The topological polar surface area (TPSA) is 115 Å². The summed E-state index contributed by atoms with van der Waals surface area (Å²) in [7, 11) is 0. The van der Waals surface area contributed by atoms with Crippen LogP contribution in [0.1, 0.15) is 33.6 Å². The molecule has 4 N–H and O–H groups in total. The van der Waals surface area contributed by atoms with E-state index in [1.165, 1.54) is 13.8 Å². The Labute approximate surface area is 119 Å². The minimum atomic E-state index is -0.935. The van der Waals surface area contributed by atoms with Gasteiger partial charge in [0, 0.05) is 11.1 Å². The minimum absolute atomic E-state index is 0.0758. The molecule has 0 saturated heterocycles. The number of aliphatic carboxylic acids is 2. The van der Waals surface area contributed by atoms with Crippen molar-refractivity contribution in [3.63, 3.8) is 0 Å². The highest BCUT2D eigenvalue weighted by molar-refractivity contribution is 5.85. The second-order valence-corrected chi connectivity index (χ2v) is 3.81. The van der Waals surface area contributed by atoms with Gasteiger partial charge in [0.2, 0.25) is 0 Å². The molecule has 0 fully saturated rings. The normalized spacial score (nSPS) is 9.30. The van der Waals surface area contributed by atoms with Gasteiger partial charge in [0.1, 0.15) is 5.76 Å². The Morgan fingerprint density at radius 3 is 1.45 bits per heavy atom. The number of hydrogen-bond donors (Lipinski definition) is 4. The van der Waals surface area contributed by atoms with E-state index in [0.29, 0.717) is 0 Å². The Morgan fingerprint density at radius 1 is 1.00 bits per heavy atom. The average Bonchev–Trinajstić information content (AvgIpc) is 2.37. The third-order valence-corrected chi connectivity index (χ3v) is 1.56. The van der Waals surface area contributed by atoms with Gasteiger partial charge in [0.05, 0.1) is 6.61 Å². The van der Waals surface area contributed by atoms with Crippen molar-refractivity contribution in [2.45, 2.75) is 33.6 Å². The number of carbonyl (C=O) groups is 2. The van der Waals surface area contributed by atoms with Gasteiger partial charge < -0.3 is 20.4 Å². The molecule has 0 rings (SSSR count). The molecule has 20 heavy (non-hydrogen) atoms. The fourth-order valence-corrected chi connectivity index (χ4v) is 0.375. The fraction of sp³-hybridized carbons (Fsp3) is 0.429. The zero-order valence-corrected chi connectivity index (χ0v) is 12.2. The lowest BCUT2D eigenvalue weighted by atomic mass is 10.3. The predicted octanol–water partition coefficient (Wildman–Crippen LogP) is 2.51. The minimum Gasteiger partial charge on any atom is -0.510 e. The largest absolute Gasteiger partial charge is 0.510 e. The number of carboxylic acids is 2. The van der Waals surface area contributed by atoms with Crippen LogP contribution in [0.25, 0.3) is 0 Å². The SMILES string of the molecule is C=C(C)C(=O)O.C=C(C)C(=O)O.CCCC=C(O)CO. The van der Waals surface area contributed by atoms with Crippen molar-refractivity contribution in [1.82, 2.24) is 0 Å². The van der Waals surface area contributed by atoms with Crippen LogP contribution in [0.5, 0.6) is 0 Å². The summed E-state index contributed by atoms with van der Waals surface area (Å²) < 4.78 is 0. The van der Waals surface area contributed by atoms with Gasteiger partial charge in [-0.1, -0.05) is 26.5 Å². The molecule has 0 aliphatic heterocycles. The maximum atomic E-state index is 9.60. The molecule has 0 aromatic heterocycles. The second kappa shape index (κ2) is 15.0. The molecule has 0 aliphatic rings. The number of carboxylic acid groups (broad SMARTS) is 2. The summed E-state index contributed by atoms with van der Waals surface area (Å²) in [5.74, 6) is -1.79. The van der Waals surface area contributed by atoms with Crippen molar-refractivity contribution in [3.05, 3.63) is 36.1 Å². The lowest BCUT2D eigenvalue weighted by Gasteiger charge is -1.89. The van der Waals surface area contributed by atoms with E-state index >= 15 is 0 Å². The summed E-state index contributed by atoms with van der Waals surface area (Å²) in [6.45, 7) is 11.0. The van der Waals surface area contributed by atoms with Crippen molar-refractivity contribution in [2.75, 3.05) is 6.61 Å². The second-order valence-electron chi connectivity index (χ2n) is 3.81. The first-order valence-electron chi connectivity index (χ1n) is 5.86. The van der Waals surface area contributed by atoms with Crippen LogP contribution >= 0.6 is 0 Å². The zero-order chi connectivity index (χ0) is 16.7. The monoisotopic (exact) mass is 288 g/mol. The standard InChI is InChI=1S/C6H12O2.2C4H6O2/c1-2-3-4-6(8)5-7;2*1-3(2)4(5)6/h4,7-8H,2-3,5H2,1H3;2*1H2,2H3,(H,5,6). The van der Waals surface area contributed by atoms with Gasteiger partial charge in [0.15, 0.2) is 0 Å². The molecular formula is C14H24O6. The first-order chi connectivity index (χ1) is 9.09. The van der Waals surface area contributed by atoms with Crippen LogP contribution in [0.4, 0.5) is 0 Å². The van der Waals surface area contributed by atoms with Crippen molar-refractivity contribution in [3.8, 4) is 0 Å². The molecule has 0 spiro atoms. The van der Waals surface area contributed by atoms with E-state index in [0.717, 1.165) is 12.8 Å². The molecular weight excluding hydrogens is 264 g/mol. The van der Waals surface area contributed by atoms with Crippen LogP contribution in [-0.4, -0.2) is 39.0 Å². The van der Waals surface area contributed by atoms with Gasteiger partial charge in [-0.3, -0.25) is 0 Å². The number of hydrogen-bond acceptors (Lipinski definition) is 4. The third-order valence-electron chi connectivity index (χ3n) is 1.56. The highest BCUT2D eigenvalue weighted by Gasteiger charge is 1.90. The molecule has 0 aliphatic carbocycles. The van der Waals surface area contributed by atoms with E-state index < -0.39 is 11.9 Å². The van der Waals surface area contributed by atoms with Crippen molar-refractivity contribution in [2.24, 2.45) is 0 Å². The van der Waals surface area contributed by atoms with Gasteiger partial charge in [-0.25, -0.2) is 9.59 Å². The first kappa shape index (κ1) is 23.0. The Hall–Kier alpha value is -2.08. The van der Waals surface area contributed by atoms with Gasteiger partial charge in [-0.15, -0.1) is 0 Å². The predicted molar refractivity (Wildman–Crippen MR) is 77.6 cm³/mol. The van der Waals surface area contributed by atoms with Crippen LogP contribution in [0.2, 0.25) is 0 Å². The molecule has 0 aromatic carbocycles. The molecule has 6 nitrogen and oxygen atoms in total. The smallest absolute Gasteiger partial charge is 0.330 e. The molecule has 0 radical (unpaired) electrons. The van der Waals surface area contributed by atoms with Crippen LogP contribution in [0.15, 0.2) is 36.1 Å². The highest BCUT2D eigenvalue weighted by Crippen LogP contribution is 1.92. The summed E-state index contributed by atoms with van der Waals surface area (Å²) in [5, 5.41) is 32.6. The number of allylic oxidation sites excluding steroid dienone is 1. The van der Waals surface area contributed by atoms with Crippen LogP contribution in [0.3, 0.4) is 0 Å². The van der Waals surface area contributed by atoms with Crippen molar-refractivity contribution >= 4 is 11.9 Å². The van der Waals surface area contributed by atoms with E-state index in [1.54, 1.807) is 6.08 Å². The first-order valence-corrected chi connectivity index (χ1v) is 5.86. The Morgan fingerprint density at radius 2 is 1.30 bits per heavy atom. The number of aliphatic hydroxyl groups excluding tert-OH is 2. The number of aliphatic hydroxyl groups is 2. The fourth-order valence-electron chi connectivity index (χ4n) is 0.375. The molecule has 0 bridgehead atoms. The van der Waals surface area contributed by atoms with Crippen LogP contribution in [0, 0.1) is 0 Å². The van der Waals surface area contributed by atoms with Gasteiger partial charge >= 0.3 is 11.9 Å². The summed E-state index contributed by atoms with van der Waals surface area (Å²) in [4.78, 5) is 19.2. The highest BCUT2D eigenvalue weighted by atomic mass is 16.4. The number of rotatable bonds is 5. The van der Waals surface area contributed by atoms with Gasteiger partial charge in [-0.2, -0.15) is 0 Å². The van der Waals surface area contributed by atoms with Crippen LogP contribution < -0.4 is 0 Å². The van der Waals surface area contributed by atoms with Crippen LogP contribution in [-0.2, 0) is 9.59 Å². The lowest BCUT2D eigenvalue weighted by molar-refractivity contribution is -0.133. The molecule has 0 aromatic rings. The zero-order valence-electron chi connectivity index (χ0n) is 12.2. The summed E-state index contributed by atoms with van der Waals surface area (Å²) in [5.41, 5.74) is 0.352. The lowest BCUT2D eigenvalue weighted by Crippen LogP contribution is -1.92. The molecule has 116 valence electrons. The average molecular weight is 288 g/mol. The van der Waals surface area contributed by atoms with Crippen molar-refractivity contribution in [1.29, 1.82) is 0 Å². The van der Waals surface area contributed by atoms with E-state index in [4.69, 9.17) is 20.4 Å². The van der Waals surface area contributed by atoms with Crippen molar-refractivity contribution < 1.29 is 30.0 Å². The van der Waals surface area contributed by atoms with Gasteiger partial charge in [-0.05, 0) is 26.3 Å². The summed E-state index contributed by atoms with van der Waals surface area (Å²) >= 11 is 0. The Kier molecular flexibility index (Phi) is 17.3. The molecule has 0 heterocycles. The Balaban J connectivity index is -0.000000221. The van der Waals surface area contributed by atoms with Gasteiger partial charge in [0.25, 0.3) is 0 Å². The third kappa shape index (κ3) is 24.9. The maximum absolute atomic E-state index is 9.60. The Bertz CT molecular complexity index is 307. The number of unbranched alkanes of at least 4 members (excludes halogenated alkanes) is 1. The quantitative estimate of drug-likeness (QED) is 0.456. The molecule has 0 unspecified atom stereocenters. The van der Waals surface area contributed by atoms with E-state index in [9.17, 15) is 9.59 Å². The molecule has 6 heteroatoms. The van der Waals surface area contributed by atoms with E-state index in [1.807, 2.05) is 6.92 Å². The molecule has 0 atom stereocenters. The summed E-state index contributed by atoms with van der Waals surface area (Å²) in [6.07, 6.45) is 3.47. The molecule has 0 amide bonds. The van der Waals surface area contributed by atoms with E-state index in [2.05, 4.69) is 13.2 Å². The summed E-state index contributed by atoms with van der Waals surface area (Å²) in [6, 6.07) is 0. The van der Waals surface area contributed by atoms with E-state index in [-0.39, 0.29) is 23.5 Å². The molecule has 0 saturated carbocycles.